The van der Waals surface area contributed by atoms with Gasteiger partial charge in [-0.15, -0.1) is 0 Å². The molecule has 0 fully saturated rings. The smallest absolute Gasteiger partial charge is 0.230 e. The SMILES string of the molecule is Nc1ccc(F)c(-c2nc3cc(C(=O)c4ccc5oc(-c6cc(N)ccc6F)nc5c4)ccc3o2)c1. The average Bonchev–Trinajstić information content (AvgIpc) is 3.49. The minimum Gasteiger partial charge on any atom is -0.436 e. The molecule has 0 amide bonds. The van der Waals surface area contributed by atoms with Crippen LogP contribution in [0, 0.1) is 11.6 Å². The molecule has 0 bridgehead atoms. The lowest BCUT2D eigenvalue weighted by atomic mass is 10.0. The first kappa shape index (κ1) is 21.5. The number of oxazole rings is 2. The third kappa shape index (κ3) is 3.63. The fourth-order valence-corrected chi connectivity index (χ4v) is 3.95. The fourth-order valence-electron chi connectivity index (χ4n) is 3.95. The first-order valence-corrected chi connectivity index (χ1v) is 10.8. The van der Waals surface area contributed by atoms with Crippen LogP contribution in [0.4, 0.5) is 20.2 Å². The monoisotopic (exact) mass is 482 g/mol. The Kier molecular flexibility index (Phi) is 4.78. The molecule has 2 heterocycles. The summed E-state index contributed by atoms with van der Waals surface area (Å²) in [6, 6.07) is 17.7. The van der Waals surface area contributed by atoms with Crippen LogP contribution in [0.2, 0.25) is 0 Å². The third-order valence-corrected chi connectivity index (χ3v) is 5.74. The Hall–Kier alpha value is -5.05. The van der Waals surface area contributed by atoms with Gasteiger partial charge in [0, 0.05) is 22.5 Å². The Balaban J connectivity index is 1.35. The summed E-state index contributed by atoms with van der Waals surface area (Å²) in [4.78, 5) is 21.9. The summed E-state index contributed by atoms with van der Waals surface area (Å²) in [5.41, 5.74) is 14.8. The van der Waals surface area contributed by atoms with Crippen molar-refractivity contribution in [2.45, 2.75) is 0 Å². The third-order valence-electron chi connectivity index (χ3n) is 5.74. The van der Waals surface area contributed by atoms with E-state index in [1.807, 2.05) is 0 Å². The van der Waals surface area contributed by atoms with Gasteiger partial charge in [0.25, 0.3) is 0 Å². The van der Waals surface area contributed by atoms with E-state index in [-0.39, 0.29) is 28.7 Å². The lowest BCUT2D eigenvalue weighted by Crippen LogP contribution is -2.00. The number of hydrogen-bond donors (Lipinski definition) is 2. The quantitative estimate of drug-likeness (QED) is 0.234. The highest BCUT2D eigenvalue weighted by molar-refractivity contribution is 6.11. The van der Waals surface area contributed by atoms with Crippen molar-refractivity contribution in [1.29, 1.82) is 0 Å². The fraction of sp³-hybridized carbons (Fsp3) is 0. The van der Waals surface area contributed by atoms with Crippen molar-refractivity contribution in [3.8, 4) is 22.9 Å². The molecule has 0 atom stereocenters. The zero-order valence-corrected chi connectivity index (χ0v) is 18.5. The van der Waals surface area contributed by atoms with Gasteiger partial charge < -0.3 is 20.3 Å². The number of carbonyl (C=O) groups is 1. The molecule has 0 unspecified atom stereocenters. The number of halogens is 2. The maximum Gasteiger partial charge on any atom is 0.230 e. The molecule has 7 nitrogen and oxygen atoms in total. The minimum atomic E-state index is -0.523. The van der Waals surface area contributed by atoms with E-state index in [0.29, 0.717) is 44.7 Å². The van der Waals surface area contributed by atoms with Gasteiger partial charge in [0.15, 0.2) is 16.9 Å². The summed E-state index contributed by atoms with van der Waals surface area (Å²) in [6.07, 6.45) is 0. The predicted octanol–water partition coefficient (Wildman–Crippen LogP) is 5.98. The van der Waals surface area contributed by atoms with Crippen molar-refractivity contribution in [1.82, 2.24) is 9.97 Å². The number of anilines is 2. The van der Waals surface area contributed by atoms with Crippen LogP contribution in [0.1, 0.15) is 15.9 Å². The number of ketones is 1. The number of rotatable bonds is 4. The highest BCUT2D eigenvalue weighted by Crippen LogP contribution is 2.31. The van der Waals surface area contributed by atoms with E-state index in [0.717, 1.165) is 0 Å². The number of benzene rings is 4. The molecule has 176 valence electrons. The average molecular weight is 482 g/mol. The molecule has 0 radical (unpaired) electrons. The molecular formula is C27H16F2N4O3. The van der Waals surface area contributed by atoms with Gasteiger partial charge in [0.1, 0.15) is 22.7 Å². The molecule has 4 aromatic carbocycles. The Morgan fingerprint density at radius 3 is 1.53 bits per heavy atom. The number of aromatic nitrogens is 2. The lowest BCUT2D eigenvalue weighted by Gasteiger charge is -2.00. The van der Waals surface area contributed by atoms with Crippen LogP contribution >= 0.6 is 0 Å². The second-order valence-corrected chi connectivity index (χ2v) is 8.21. The topological polar surface area (TPSA) is 121 Å². The van der Waals surface area contributed by atoms with Gasteiger partial charge in [-0.05, 0) is 72.8 Å². The number of fused-ring (bicyclic) bond motifs is 2. The maximum atomic E-state index is 14.2. The van der Waals surface area contributed by atoms with Gasteiger partial charge in [-0.1, -0.05) is 0 Å². The number of carbonyl (C=O) groups excluding carboxylic acids is 1. The van der Waals surface area contributed by atoms with Crippen molar-refractivity contribution in [3.63, 3.8) is 0 Å². The molecule has 0 spiro atoms. The van der Waals surface area contributed by atoms with Crippen molar-refractivity contribution in [2.24, 2.45) is 0 Å². The van der Waals surface area contributed by atoms with E-state index in [1.165, 1.54) is 36.4 Å². The number of hydrogen-bond acceptors (Lipinski definition) is 7. The van der Waals surface area contributed by atoms with Gasteiger partial charge in [-0.3, -0.25) is 4.79 Å². The molecule has 6 rings (SSSR count). The standard InChI is InChI=1S/C27H16F2N4O3/c28-19-5-3-15(30)11-17(19)26-32-21-9-13(1-7-23(21)35-26)25(34)14-2-8-24-22(10-14)33-27(36-24)18-12-16(31)4-6-20(18)29/h1-12H,30-31H2. The molecule has 4 N–H and O–H groups in total. The molecule has 6 aromatic rings. The molecule has 9 heteroatoms. The van der Waals surface area contributed by atoms with Crippen LogP contribution in [0.25, 0.3) is 45.1 Å². The van der Waals surface area contributed by atoms with Gasteiger partial charge in [0.05, 0.1) is 11.1 Å². The van der Waals surface area contributed by atoms with Crippen LogP contribution in [0.15, 0.2) is 81.6 Å². The normalized spacial score (nSPS) is 11.4. The van der Waals surface area contributed by atoms with Crippen LogP contribution in [0.3, 0.4) is 0 Å². The van der Waals surface area contributed by atoms with Crippen LogP contribution < -0.4 is 11.5 Å². The Labute approximate surface area is 202 Å². The largest absolute Gasteiger partial charge is 0.436 e. The molecule has 2 aromatic heterocycles. The number of nitrogens with zero attached hydrogens (tertiary/aromatic N) is 2. The molecule has 36 heavy (non-hydrogen) atoms. The van der Waals surface area contributed by atoms with Crippen molar-refractivity contribution >= 4 is 39.4 Å². The Morgan fingerprint density at radius 1 is 0.639 bits per heavy atom. The summed E-state index contributed by atoms with van der Waals surface area (Å²) < 4.78 is 39.8. The zero-order valence-electron chi connectivity index (χ0n) is 18.5. The summed E-state index contributed by atoms with van der Waals surface area (Å²) >= 11 is 0. The minimum absolute atomic E-state index is 0.0599. The molecule has 0 saturated heterocycles. The van der Waals surface area contributed by atoms with E-state index in [4.69, 9.17) is 20.3 Å². The van der Waals surface area contributed by atoms with Crippen LogP contribution in [0.5, 0.6) is 0 Å². The summed E-state index contributed by atoms with van der Waals surface area (Å²) in [5, 5.41) is 0. The number of nitrogens with two attached hydrogens (primary N) is 2. The molecular weight excluding hydrogens is 466 g/mol. The van der Waals surface area contributed by atoms with E-state index in [9.17, 15) is 13.6 Å². The van der Waals surface area contributed by atoms with E-state index in [2.05, 4.69) is 9.97 Å². The number of nitrogen functional groups attached to an aromatic ring is 2. The maximum absolute atomic E-state index is 14.2. The first-order chi connectivity index (χ1) is 17.4. The highest BCUT2D eigenvalue weighted by Gasteiger charge is 2.18. The highest BCUT2D eigenvalue weighted by atomic mass is 19.1. The van der Waals surface area contributed by atoms with Gasteiger partial charge in [0.2, 0.25) is 11.8 Å². The zero-order chi connectivity index (χ0) is 25.0. The van der Waals surface area contributed by atoms with Crippen LogP contribution in [-0.4, -0.2) is 15.8 Å². The second-order valence-electron chi connectivity index (χ2n) is 8.21. The summed E-state index contributed by atoms with van der Waals surface area (Å²) in [6.45, 7) is 0. The van der Waals surface area contributed by atoms with Crippen molar-refractivity contribution < 1.29 is 22.4 Å². The van der Waals surface area contributed by atoms with Gasteiger partial charge in [-0.2, -0.15) is 0 Å². The summed E-state index contributed by atoms with van der Waals surface area (Å²) in [5.74, 6) is -1.22. The van der Waals surface area contributed by atoms with E-state index >= 15 is 0 Å². The van der Waals surface area contributed by atoms with Crippen LogP contribution in [-0.2, 0) is 0 Å². The Morgan fingerprint density at radius 2 is 1.08 bits per heavy atom. The van der Waals surface area contributed by atoms with E-state index < -0.39 is 11.6 Å². The van der Waals surface area contributed by atoms with E-state index in [1.54, 1.807) is 36.4 Å². The van der Waals surface area contributed by atoms with Crippen molar-refractivity contribution in [2.75, 3.05) is 11.5 Å². The van der Waals surface area contributed by atoms with Gasteiger partial charge in [-0.25, -0.2) is 18.7 Å². The molecule has 0 saturated carbocycles. The summed E-state index contributed by atoms with van der Waals surface area (Å²) in [7, 11) is 0. The second kappa shape index (κ2) is 8.02. The molecule has 0 aliphatic rings. The predicted molar refractivity (Wildman–Crippen MR) is 131 cm³/mol. The molecule has 0 aliphatic carbocycles. The molecule has 0 aliphatic heterocycles. The Bertz CT molecular complexity index is 1690. The lowest BCUT2D eigenvalue weighted by molar-refractivity contribution is 0.103. The van der Waals surface area contributed by atoms with Crippen molar-refractivity contribution in [3.05, 3.63) is 95.6 Å². The van der Waals surface area contributed by atoms with Gasteiger partial charge >= 0.3 is 0 Å². The first-order valence-electron chi connectivity index (χ1n) is 10.8.